The van der Waals surface area contributed by atoms with Crippen LogP contribution in [0.15, 0.2) is 0 Å². The molecule has 0 heterocycles. The fraction of sp³-hybridized carbons (Fsp3) is 1.00. The van der Waals surface area contributed by atoms with E-state index in [0.29, 0.717) is 6.61 Å². The van der Waals surface area contributed by atoms with Crippen LogP contribution in [0.1, 0.15) is 0 Å². The van der Waals surface area contributed by atoms with Crippen LogP contribution < -0.4 is 0 Å². The third-order valence-electron chi connectivity index (χ3n) is 0.933. The second-order valence-corrected chi connectivity index (χ2v) is 6.46. The highest BCUT2D eigenvalue weighted by Gasteiger charge is 2.04. The lowest BCUT2D eigenvalue weighted by atomic mass is 10.8. The van der Waals surface area contributed by atoms with Gasteiger partial charge >= 0.3 is 0 Å². The fourth-order valence-electron chi connectivity index (χ4n) is 0.440. The Balaban J connectivity index is 0. The first-order valence-electron chi connectivity index (χ1n) is 4.30. The summed E-state index contributed by atoms with van der Waals surface area (Å²) in [5.41, 5.74) is 0. The van der Waals surface area contributed by atoms with Gasteiger partial charge in [-0.05, 0) is 13.3 Å². The predicted molar refractivity (Wildman–Crippen MR) is 56.3 cm³/mol. The highest BCUT2D eigenvalue weighted by atomic mass is 31.2. The summed E-state index contributed by atoms with van der Waals surface area (Å²) in [6.45, 7) is 4.16. The van der Waals surface area contributed by atoms with Crippen molar-refractivity contribution >= 4 is 7.14 Å². The third-order valence-corrected chi connectivity index (χ3v) is 1.74. The van der Waals surface area contributed by atoms with E-state index in [1.54, 1.807) is 20.4 Å². The molecule has 0 saturated carbocycles. The van der Waals surface area contributed by atoms with E-state index in [1.807, 2.05) is 0 Å². The monoisotopic (exact) mass is 228 g/mol. The predicted octanol–water partition coefficient (Wildman–Crippen LogP) is 0.201. The molecule has 14 heavy (non-hydrogen) atoms. The van der Waals surface area contributed by atoms with Gasteiger partial charge in [0, 0.05) is 7.11 Å². The summed E-state index contributed by atoms with van der Waals surface area (Å²) < 4.78 is 20.2. The number of hydrogen-bond donors (Lipinski definition) is 2. The van der Waals surface area contributed by atoms with Crippen LogP contribution >= 0.6 is 7.14 Å². The van der Waals surface area contributed by atoms with Gasteiger partial charge < -0.3 is 24.3 Å². The summed E-state index contributed by atoms with van der Waals surface area (Å²) in [5.74, 6) is 0. The van der Waals surface area contributed by atoms with Gasteiger partial charge in [-0.2, -0.15) is 0 Å². The summed E-state index contributed by atoms with van der Waals surface area (Å²) in [4.78, 5) is 0. The molecule has 5 nitrogen and oxygen atoms in total. The standard InChI is InChI=1S/C5H13O3P.C3H8O2/c1-9(2,7)5-8-4-3-6;1-5-3-2-4/h6H,3-5H2,1-2H3;4H,2-3H2,1H3. The maximum atomic E-state index is 10.9. The third kappa shape index (κ3) is 22.7. The number of ether oxygens (including phenoxy) is 2. The lowest BCUT2D eigenvalue weighted by Gasteiger charge is -2.05. The molecule has 0 rings (SSSR count). The number of hydrogen-bond acceptors (Lipinski definition) is 5. The maximum absolute atomic E-state index is 10.9. The first-order chi connectivity index (χ1) is 6.47. The Bertz CT molecular complexity index is 143. The quantitative estimate of drug-likeness (QED) is 0.501. The lowest BCUT2D eigenvalue weighted by molar-refractivity contribution is 0.121. The molecule has 0 aliphatic rings. The number of aliphatic hydroxyl groups excluding tert-OH is 2. The van der Waals surface area contributed by atoms with Gasteiger partial charge in [-0.15, -0.1) is 0 Å². The molecule has 0 unspecified atom stereocenters. The van der Waals surface area contributed by atoms with Crippen LogP contribution in [0.2, 0.25) is 0 Å². The molecule has 0 bridgehead atoms. The fourth-order valence-corrected chi connectivity index (χ4v) is 1.01. The van der Waals surface area contributed by atoms with Crippen LogP contribution in [0.25, 0.3) is 0 Å². The minimum atomic E-state index is -2.03. The Hall–Kier alpha value is 0.0700. The molecular weight excluding hydrogens is 207 g/mol. The molecule has 0 spiro atoms. The average molecular weight is 228 g/mol. The van der Waals surface area contributed by atoms with E-state index in [2.05, 4.69) is 4.74 Å². The molecule has 0 fully saturated rings. The second kappa shape index (κ2) is 11.1. The Kier molecular flexibility index (Phi) is 13.1. The molecule has 88 valence electrons. The van der Waals surface area contributed by atoms with Crippen molar-refractivity contribution in [2.24, 2.45) is 0 Å². The number of methoxy groups -OCH3 is 1. The number of rotatable bonds is 6. The van der Waals surface area contributed by atoms with Gasteiger partial charge in [-0.3, -0.25) is 0 Å². The van der Waals surface area contributed by atoms with Crippen LogP contribution in [-0.2, 0) is 14.0 Å². The van der Waals surface area contributed by atoms with Gasteiger partial charge in [0.15, 0.2) is 0 Å². The van der Waals surface area contributed by atoms with Crippen molar-refractivity contribution in [2.75, 3.05) is 53.2 Å². The van der Waals surface area contributed by atoms with Crippen LogP contribution in [0.3, 0.4) is 0 Å². The van der Waals surface area contributed by atoms with Crippen molar-refractivity contribution < 1.29 is 24.3 Å². The van der Waals surface area contributed by atoms with Crippen LogP contribution in [0.5, 0.6) is 0 Å². The van der Waals surface area contributed by atoms with Crippen molar-refractivity contribution in [3.05, 3.63) is 0 Å². The highest BCUT2D eigenvalue weighted by molar-refractivity contribution is 7.62. The maximum Gasteiger partial charge on any atom is 0.106 e. The normalized spacial score (nSPS) is 10.6. The zero-order chi connectivity index (χ0) is 11.4. The first kappa shape index (κ1) is 16.5. The van der Waals surface area contributed by atoms with Crippen molar-refractivity contribution in [2.45, 2.75) is 0 Å². The molecule has 0 radical (unpaired) electrons. The molecule has 6 heteroatoms. The summed E-state index contributed by atoms with van der Waals surface area (Å²) in [6, 6.07) is 0. The Morgan fingerprint density at radius 2 is 1.64 bits per heavy atom. The summed E-state index contributed by atoms with van der Waals surface area (Å²) in [5, 5.41) is 16.2. The second-order valence-electron chi connectivity index (χ2n) is 3.05. The Labute approximate surface area is 85.4 Å². The van der Waals surface area contributed by atoms with Gasteiger partial charge in [0.25, 0.3) is 0 Å². The van der Waals surface area contributed by atoms with E-state index in [9.17, 15) is 4.57 Å². The van der Waals surface area contributed by atoms with Crippen molar-refractivity contribution in [1.29, 1.82) is 0 Å². The topological polar surface area (TPSA) is 76.0 Å². The zero-order valence-corrected chi connectivity index (χ0v) is 10.00. The van der Waals surface area contributed by atoms with Crippen molar-refractivity contribution in [3.63, 3.8) is 0 Å². The van der Waals surface area contributed by atoms with Gasteiger partial charge in [0.2, 0.25) is 0 Å². The molecule has 0 aromatic heterocycles. The molecule has 0 amide bonds. The molecule has 0 aromatic carbocycles. The Morgan fingerprint density at radius 3 is 1.86 bits per heavy atom. The highest BCUT2D eigenvalue weighted by Crippen LogP contribution is 2.35. The van der Waals surface area contributed by atoms with E-state index in [4.69, 9.17) is 14.9 Å². The Morgan fingerprint density at radius 1 is 1.14 bits per heavy atom. The largest absolute Gasteiger partial charge is 0.394 e. The van der Waals surface area contributed by atoms with Crippen molar-refractivity contribution in [3.8, 4) is 0 Å². The first-order valence-corrected chi connectivity index (χ1v) is 7.09. The van der Waals surface area contributed by atoms with E-state index < -0.39 is 7.14 Å². The van der Waals surface area contributed by atoms with Gasteiger partial charge in [-0.1, -0.05) is 0 Å². The van der Waals surface area contributed by atoms with E-state index >= 15 is 0 Å². The van der Waals surface area contributed by atoms with Gasteiger partial charge in [0.1, 0.15) is 7.14 Å². The molecule has 0 aliphatic heterocycles. The van der Waals surface area contributed by atoms with E-state index in [-0.39, 0.29) is 26.2 Å². The number of aliphatic hydroxyl groups is 2. The van der Waals surface area contributed by atoms with E-state index in [0.717, 1.165) is 0 Å². The molecule has 0 atom stereocenters. The SMILES string of the molecule is COCCO.CP(C)(=O)COCCO. The molecular formula is C8H21O5P. The summed E-state index contributed by atoms with van der Waals surface area (Å²) in [6.07, 6.45) is 0.271. The molecule has 0 aromatic rings. The van der Waals surface area contributed by atoms with E-state index in [1.165, 1.54) is 0 Å². The van der Waals surface area contributed by atoms with Crippen LogP contribution in [-0.4, -0.2) is 63.4 Å². The van der Waals surface area contributed by atoms with Crippen LogP contribution in [0, 0.1) is 0 Å². The van der Waals surface area contributed by atoms with Crippen LogP contribution in [0.4, 0.5) is 0 Å². The van der Waals surface area contributed by atoms with Gasteiger partial charge in [-0.25, -0.2) is 0 Å². The lowest BCUT2D eigenvalue weighted by Crippen LogP contribution is -2.00. The molecule has 0 saturated heterocycles. The minimum absolute atomic E-state index is 0. The minimum Gasteiger partial charge on any atom is -0.394 e. The summed E-state index contributed by atoms with van der Waals surface area (Å²) >= 11 is 0. The zero-order valence-electron chi connectivity index (χ0n) is 9.10. The van der Waals surface area contributed by atoms with Gasteiger partial charge in [0.05, 0.1) is 32.8 Å². The van der Waals surface area contributed by atoms with Crippen molar-refractivity contribution in [1.82, 2.24) is 0 Å². The molecule has 2 N–H and O–H groups in total. The smallest absolute Gasteiger partial charge is 0.106 e. The molecule has 0 aliphatic carbocycles. The average Bonchev–Trinajstić information content (AvgIpc) is 2.05. The summed E-state index contributed by atoms with van der Waals surface area (Å²) in [7, 11) is -0.477.